The molecule has 2 aromatic rings. The number of nitro benzene ring substituents is 1. The molecule has 0 heterocycles. The maximum atomic E-state index is 13.2. The molecule has 2 atom stereocenters. The molecule has 9 nitrogen and oxygen atoms in total. The zero-order chi connectivity index (χ0) is 28.9. The van der Waals surface area contributed by atoms with E-state index in [4.69, 9.17) is 9.16 Å². The highest BCUT2D eigenvalue weighted by Crippen LogP contribution is 2.47. The van der Waals surface area contributed by atoms with E-state index >= 15 is 0 Å². The molecule has 0 aliphatic heterocycles. The molecule has 1 unspecified atom stereocenters. The smallest absolute Gasteiger partial charge is 0.289 e. The Morgan fingerprint density at radius 2 is 1.72 bits per heavy atom. The summed E-state index contributed by atoms with van der Waals surface area (Å²) in [4.78, 5) is 10.4. The van der Waals surface area contributed by atoms with Crippen molar-refractivity contribution < 1.29 is 27.6 Å². The third kappa shape index (κ3) is 7.96. The van der Waals surface area contributed by atoms with Crippen molar-refractivity contribution in [1.82, 2.24) is 4.72 Å². The first kappa shape index (κ1) is 31.4. The minimum absolute atomic E-state index is 0.00343. The van der Waals surface area contributed by atoms with Gasteiger partial charge in [-0.25, -0.2) is 13.1 Å². The molecule has 1 aliphatic rings. The van der Waals surface area contributed by atoms with Crippen LogP contribution in [0.25, 0.3) is 0 Å². The number of aliphatic hydroxyl groups excluding tert-OH is 1. The van der Waals surface area contributed by atoms with Gasteiger partial charge in [0, 0.05) is 24.4 Å². The Balaban J connectivity index is 1.79. The van der Waals surface area contributed by atoms with E-state index in [1.165, 1.54) is 24.3 Å². The van der Waals surface area contributed by atoms with Crippen LogP contribution in [0.15, 0.2) is 59.5 Å². The maximum Gasteiger partial charge on any atom is 0.289 e. The van der Waals surface area contributed by atoms with Crippen LogP contribution in [0.1, 0.15) is 52.0 Å². The summed E-state index contributed by atoms with van der Waals surface area (Å²) in [6.07, 6.45) is 1.37. The summed E-state index contributed by atoms with van der Waals surface area (Å²) in [5.41, 5.74) is -0.0455. The number of hydrogen-bond acceptors (Lipinski definition) is 7. The van der Waals surface area contributed by atoms with Gasteiger partial charge in [0.25, 0.3) is 5.69 Å². The lowest BCUT2D eigenvalue weighted by molar-refractivity contribution is -0.387. The van der Waals surface area contributed by atoms with E-state index in [0.29, 0.717) is 19.4 Å². The van der Waals surface area contributed by atoms with Crippen molar-refractivity contribution in [3.05, 3.63) is 70.3 Å². The quantitative estimate of drug-likeness (QED) is 0.174. The minimum atomic E-state index is -4.15. The van der Waals surface area contributed by atoms with E-state index in [9.17, 15) is 23.6 Å². The predicted octanol–water partition coefficient (Wildman–Crippen LogP) is 5.40. The highest BCUT2D eigenvalue weighted by atomic mass is 32.2. The normalized spacial score (nSPS) is 17.3. The summed E-state index contributed by atoms with van der Waals surface area (Å²) in [5, 5.41) is 22.5. The molecule has 0 saturated heterocycles. The van der Waals surface area contributed by atoms with Crippen LogP contribution >= 0.6 is 0 Å². The van der Waals surface area contributed by atoms with Crippen molar-refractivity contribution in [1.29, 1.82) is 0 Å². The third-order valence-corrected chi connectivity index (χ3v) is 14.2. The molecule has 1 fully saturated rings. The molecule has 0 radical (unpaired) electrons. The standard InChI is InChI=1S/C28H42N2O7SSi/c1-27(2,3)39(4,5)37-20-23(31)18-26(36-19-22-12-7-6-8-13-22)28(16-11-17-28)21-29-38(34,35)25-15-10-9-14-24(25)30(32)33/h6-10,12-15,23,26,29,31H,11,16-21H2,1-5H3/t23-,26?/m1/s1. The van der Waals surface area contributed by atoms with Crippen molar-refractivity contribution in [3.63, 3.8) is 0 Å². The number of nitrogens with one attached hydrogen (secondary N) is 1. The van der Waals surface area contributed by atoms with Gasteiger partial charge in [-0.05, 0) is 42.6 Å². The zero-order valence-electron chi connectivity index (χ0n) is 23.6. The number of nitro groups is 1. The monoisotopic (exact) mass is 578 g/mol. The molecule has 3 rings (SSSR count). The van der Waals surface area contributed by atoms with Crippen LogP contribution in [0.3, 0.4) is 0 Å². The van der Waals surface area contributed by atoms with Crippen LogP contribution in [0, 0.1) is 15.5 Å². The number of ether oxygens (including phenoxy) is 1. The molecule has 1 saturated carbocycles. The van der Waals surface area contributed by atoms with Crippen molar-refractivity contribution in [2.24, 2.45) is 5.41 Å². The van der Waals surface area contributed by atoms with Crippen LogP contribution in [0.5, 0.6) is 0 Å². The SMILES string of the molecule is CC(C)(C)[Si](C)(C)OC[C@H](O)CC(OCc1ccccc1)C1(CNS(=O)(=O)c2ccccc2[N+](=O)[O-])CCC1. The first-order valence-electron chi connectivity index (χ1n) is 13.4. The Hall–Kier alpha value is -2.15. The summed E-state index contributed by atoms with van der Waals surface area (Å²) >= 11 is 0. The Kier molecular flexibility index (Phi) is 10.1. The number of hydrogen-bond donors (Lipinski definition) is 2. The van der Waals surface area contributed by atoms with Crippen molar-refractivity contribution in [2.75, 3.05) is 13.2 Å². The highest BCUT2D eigenvalue weighted by molar-refractivity contribution is 7.89. The zero-order valence-corrected chi connectivity index (χ0v) is 25.4. The van der Waals surface area contributed by atoms with Crippen molar-refractivity contribution in [3.8, 4) is 0 Å². The van der Waals surface area contributed by atoms with Gasteiger partial charge in [0.1, 0.15) is 0 Å². The average molecular weight is 579 g/mol. The summed E-state index contributed by atoms with van der Waals surface area (Å²) in [6.45, 7) is 11.2. The van der Waals surface area contributed by atoms with Crippen LogP contribution in [-0.2, 0) is 25.8 Å². The lowest BCUT2D eigenvalue weighted by Gasteiger charge is -2.48. The van der Waals surface area contributed by atoms with E-state index in [-0.39, 0.29) is 29.5 Å². The van der Waals surface area contributed by atoms with Gasteiger partial charge in [-0.15, -0.1) is 0 Å². The maximum absolute atomic E-state index is 13.2. The van der Waals surface area contributed by atoms with Gasteiger partial charge < -0.3 is 14.3 Å². The molecule has 11 heteroatoms. The number of sulfonamides is 1. The predicted molar refractivity (Wildman–Crippen MR) is 153 cm³/mol. The second-order valence-electron chi connectivity index (χ2n) is 12.0. The second kappa shape index (κ2) is 12.6. The molecular formula is C28H42N2O7SSi. The summed E-state index contributed by atoms with van der Waals surface area (Å²) < 4.78 is 41.6. The number of benzene rings is 2. The van der Waals surface area contributed by atoms with E-state index in [0.717, 1.165) is 12.0 Å². The summed E-state index contributed by atoms with van der Waals surface area (Å²) in [6, 6.07) is 15.0. The van der Waals surface area contributed by atoms with Crippen LogP contribution in [-0.4, -0.2) is 52.1 Å². The number of aliphatic hydroxyl groups is 1. The molecule has 0 bridgehead atoms. The molecule has 216 valence electrons. The van der Waals surface area contributed by atoms with E-state index < -0.39 is 46.6 Å². The molecule has 2 aromatic carbocycles. The summed E-state index contributed by atoms with van der Waals surface area (Å²) in [7, 11) is -6.22. The largest absolute Gasteiger partial charge is 0.414 e. The van der Waals surface area contributed by atoms with Gasteiger partial charge in [0.2, 0.25) is 10.0 Å². The Bertz CT molecular complexity index is 1210. The van der Waals surface area contributed by atoms with Crippen LogP contribution < -0.4 is 4.72 Å². The topological polar surface area (TPSA) is 128 Å². The van der Waals surface area contributed by atoms with Gasteiger partial charge in [0.15, 0.2) is 13.2 Å². The van der Waals surface area contributed by atoms with Crippen molar-refractivity contribution in [2.45, 2.75) is 88.3 Å². The van der Waals surface area contributed by atoms with Gasteiger partial charge >= 0.3 is 0 Å². The number of para-hydroxylation sites is 1. The second-order valence-corrected chi connectivity index (χ2v) is 18.6. The number of nitrogens with zero attached hydrogens (tertiary/aromatic N) is 1. The van der Waals surface area contributed by atoms with Crippen LogP contribution in [0.4, 0.5) is 5.69 Å². The van der Waals surface area contributed by atoms with Gasteiger partial charge in [-0.3, -0.25) is 10.1 Å². The highest BCUT2D eigenvalue weighted by Gasteiger charge is 2.47. The lowest BCUT2D eigenvalue weighted by Crippen LogP contribution is -2.52. The van der Waals surface area contributed by atoms with Crippen LogP contribution in [0.2, 0.25) is 18.1 Å². The number of rotatable bonds is 14. The van der Waals surface area contributed by atoms with Gasteiger partial charge in [-0.1, -0.05) is 69.7 Å². The Morgan fingerprint density at radius 3 is 2.28 bits per heavy atom. The summed E-state index contributed by atoms with van der Waals surface area (Å²) in [5.74, 6) is 0. The van der Waals surface area contributed by atoms with E-state index in [2.05, 4.69) is 38.6 Å². The minimum Gasteiger partial charge on any atom is -0.414 e. The van der Waals surface area contributed by atoms with Crippen molar-refractivity contribution >= 4 is 24.0 Å². The Morgan fingerprint density at radius 1 is 1.10 bits per heavy atom. The fraction of sp³-hybridized carbons (Fsp3) is 0.571. The molecule has 0 amide bonds. The van der Waals surface area contributed by atoms with Gasteiger partial charge in [-0.2, -0.15) is 0 Å². The fourth-order valence-electron chi connectivity index (χ4n) is 4.50. The first-order valence-corrected chi connectivity index (χ1v) is 17.8. The van der Waals surface area contributed by atoms with E-state index in [1.807, 2.05) is 30.3 Å². The van der Waals surface area contributed by atoms with Gasteiger partial charge in [0.05, 0.1) is 30.3 Å². The molecular weight excluding hydrogens is 536 g/mol. The molecule has 0 spiro atoms. The molecule has 39 heavy (non-hydrogen) atoms. The van der Waals surface area contributed by atoms with E-state index in [1.54, 1.807) is 0 Å². The third-order valence-electron chi connectivity index (χ3n) is 8.22. The average Bonchev–Trinajstić information content (AvgIpc) is 2.85. The molecule has 0 aromatic heterocycles. The lowest BCUT2D eigenvalue weighted by atomic mass is 9.64. The Labute approximate surface area is 233 Å². The molecule has 1 aliphatic carbocycles. The fourth-order valence-corrected chi connectivity index (χ4v) is 6.85. The molecule has 2 N–H and O–H groups in total. The first-order chi connectivity index (χ1) is 18.2.